The molecule has 0 N–H and O–H groups in total. The lowest BCUT2D eigenvalue weighted by Gasteiger charge is -2.16. The molecule has 0 radical (unpaired) electrons. The van der Waals surface area contributed by atoms with Gasteiger partial charge in [-0.15, -0.1) is 5.10 Å². The first-order valence-corrected chi connectivity index (χ1v) is 6.14. The van der Waals surface area contributed by atoms with Gasteiger partial charge in [-0.25, -0.2) is 9.07 Å². The van der Waals surface area contributed by atoms with Crippen molar-refractivity contribution in [3.05, 3.63) is 48.0 Å². The summed E-state index contributed by atoms with van der Waals surface area (Å²) in [4.78, 5) is 14.0. The van der Waals surface area contributed by atoms with E-state index in [9.17, 15) is 9.18 Å². The van der Waals surface area contributed by atoms with Gasteiger partial charge in [-0.3, -0.25) is 4.79 Å². The van der Waals surface area contributed by atoms with Gasteiger partial charge >= 0.3 is 0 Å². The van der Waals surface area contributed by atoms with Crippen LogP contribution in [0.4, 0.5) is 4.39 Å². The Morgan fingerprint density at radius 1 is 1.42 bits per heavy atom. The molecular weight excluding hydrogens is 247 g/mol. The number of nitrogens with zero attached hydrogens (tertiary/aromatic N) is 4. The van der Waals surface area contributed by atoms with E-state index in [1.807, 2.05) is 0 Å². The Labute approximate surface area is 109 Å². The van der Waals surface area contributed by atoms with Crippen molar-refractivity contribution in [1.82, 2.24) is 19.9 Å². The van der Waals surface area contributed by atoms with Gasteiger partial charge in [0.05, 0.1) is 12.2 Å². The molecule has 1 atom stereocenters. The summed E-state index contributed by atoms with van der Waals surface area (Å²) in [6.45, 7) is 1.23. The van der Waals surface area contributed by atoms with Crippen LogP contribution in [0.2, 0.25) is 0 Å². The summed E-state index contributed by atoms with van der Waals surface area (Å²) in [7, 11) is 0. The molecule has 1 fully saturated rings. The monoisotopic (exact) mass is 260 g/mol. The molecule has 1 aliphatic heterocycles. The fraction of sp³-hybridized carbons (Fsp3) is 0.308. The fourth-order valence-electron chi connectivity index (χ4n) is 2.36. The van der Waals surface area contributed by atoms with Crippen molar-refractivity contribution in [2.75, 3.05) is 13.1 Å². The van der Waals surface area contributed by atoms with Crippen molar-refractivity contribution in [3.8, 4) is 0 Å². The highest BCUT2D eigenvalue weighted by molar-refractivity contribution is 5.94. The van der Waals surface area contributed by atoms with E-state index in [0.29, 0.717) is 18.7 Å². The Bertz CT molecular complexity index is 584. The van der Waals surface area contributed by atoms with Crippen molar-refractivity contribution < 1.29 is 9.18 Å². The van der Waals surface area contributed by atoms with Crippen LogP contribution < -0.4 is 0 Å². The third-order valence-corrected chi connectivity index (χ3v) is 3.34. The van der Waals surface area contributed by atoms with Gasteiger partial charge in [0.15, 0.2) is 0 Å². The normalized spacial score (nSPS) is 18.8. The van der Waals surface area contributed by atoms with Gasteiger partial charge in [0, 0.05) is 24.8 Å². The quantitative estimate of drug-likeness (QED) is 0.822. The minimum absolute atomic E-state index is 0.137. The largest absolute Gasteiger partial charge is 0.336 e. The number of carbonyl (C=O) groups is 1. The van der Waals surface area contributed by atoms with Gasteiger partial charge in [-0.2, -0.15) is 0 Å². The van der Waals surface area contributed by atoms with Crippen LogP contribution in [-0.4, -0.2) is 38.9 Å². The molecule has 2 aromatic rings. The summed E-state index contributed by atoms with van der Waals surface area (Å²) in [6, 6.07) is 5.94. The van der Waals surface area contributed by atoms with Crippen LogP contribution in [0.3, 0.4) is 0 Å². The molecule has 1 saturated heterocycles. The second-order valence-electron chi connectivity index (χ2n) is 4.59. The first-order valence-electron chi connectivity index (χ1n) is 6.14. The molecule has 1 amide bonds. The molecular formula is C13H13FN4O. The number of benzene rings is 1. The molecule has 19 heavy (non-hydrogen) atoms. The zero-order valence-corrected chi connectivity index (χ0v) is 10.2. The molecule has 1 unspecified atom stereocenters. The van der Waals surface area contributed by atoms with Gasteiger partial charge in [-0.1, -0.05) is 11.3 Å². The van der Waals surface area contributed by atoms with Crippen molar-refractivity contribution in [3.63, 3.8) is 0 Å². The summed E-state index contributed by atoms with van der Waals surface area (Å²) >= 11 is 0. The minimum atomic E-state index is -0.391. The molecule has 5 nitrogen and oxygen atoms in total. The summed E-state index contributed by atoms with van der Waals surface area (Å²) in [6.07, 6.45) is 4.25. The van der Waals surface area contributed by atoms with E-state index in [4.69, 9.17) is 0 Å². The summed E-state index contributed by atoms with van der Waals surface area (Å²) in [5.74, 6) is -0.528. The highest BCUT2D eigenvalue weighted by atomic mass is 19.1. The van der Waals surface area contributed by atoms with E-state index in [2.05, 4.69) is 10.3 Å². The van der Waals surface area contributed by atoms with E-state index in [0.717, 1.165) is 6.42 Å². The molecule has 98 valence electrons. The number of amides is 1. The first kappa shape index (κ1) is 11.8. The maximum Gasteiger partial charge on any atom is 0.254 e. The Balaban J connectivity index is 1.73. The summed E-state index contributed by atoms with van der Waals surface area (Å²) in [5, 5.41) is 7.71. The van der Waals surface area contributed by atoms with Gasteiger partial charge < -0.3 is 4.90 Å². The molecule has 1 aliphatic rings. The highest BCUT2D eigenvalue weighted by Gasteiger charge is 2.28. The van der Waals surface area contributed by atoms with Crippen molar-refractivity contribution >= 4 is 5.91 Å². The maximum absolute atomic E-state index is 13.1. The Hall–Kier alpha value is -2.24. The van der Waals surface area contributed by atoms with Crippen LogP contribution in [0.1, 0.15) is 22.8 Å². The average Bonchev–Trinajstić information content (AvgIpc) is 3.08. The lowest BCUT2D eigenvalue weighted by molar-refractivity contribution is 0.0786. The van der Waals surface area contributed by atoms with Crippen LogP contribution in [-0.2, 0) is 0 Å². The van der Waals surface area contributed by atoms with E-state index in [1.165, 1.54) is 12.1 Å². The van der Waals surface area contributed by atoms with Crippen LogP contribution in [0, 0.1) is 5.82 Å². The van der Waals surface area contributed by atoms with Gasteiger partial charge in [0.1, 0.15) is 5.82 Å². The number of rotatable bonds is 2. The predicted octanol–water partition coefficient (Wildman–Crippen LogP) is 1.50. The van der Waals surface area contributed by atoms with Crippen molar-refractivity contribution in [1.29, 1.82) is 0 Å². The zero-order chi connectivity index (χ0) is 13.2. The second-order valence-corrected chi connectivity index (χ2v) is 4.59. The number of aromatic nitrogens is 3. The molecule has 6 heteroatoms. The summed E-state index contributed by atoms with van der Waals surface area (Å²) in [5.41, 5.74) is 0.388. The van der Waals surface area contributed by atoms with Crippen molar-refractivity contribution in [2.24, 2.45) is 0 Å². The molecule has 3 rings (SSSR count). The molecule has 0 aliphatic carbocycles. The first-order chi connectivity index (χ1) is 9.24. The fourth-order valence-corrected chi connectivity index (χ4v) is 2.36. The predicted molar refractivity (Wildman–Crippen MR) is 66.0 cm³/mol. The van der Waals surface area contributed by atoms with Gasteiger partial charge in [0.2, 0.25) is 0 Å². The van der Waals surface area contributed by atoms with Crippen LogP contribution in [0.25, 0.3) is 0 Å². The lowest BCUT2D eigenvalue weighted by atomic mass is 10.2. The standard InChI is InChI=1S/C13H13FN4O/c14-11-3-1-2-10(8-11)13(19)17-6-4-12(9-17)18-7-5-15-16-18/h1-3,5,7-8,12H,4,6,9H2. The Morgan fingerprint density at radius 3 is 3.05 bits per heavy atom. The van der Waals surface area contributed by atoms with Crippen molar-refractivity contribution in [2.45, 2.75) is 12.5 Å². The number of halogens is 1. The van der Waals surface area contributed by atoms with Gasteiger partial charge in [0.25, 0.3) is 5.91 Å². The molecule has 1 aromatic heterocycles. The average molecular weight is 260 g/mol. The molecule has 0 bridgehead atoms. The molecule has 1 aromatic carbocycles. The van der Waals surface area contributed by atoms with E-state index in [1.54, 1.807) is 34.1 Å². The summed E-state index contributed by atoms with van der Waals surface area (Å²) < 4.78 is 14.9. The molecule has 0 spiro atoms. The highest BCUT2D eigenvalue weighted by Crippen LogP contribution is 2.22. The third kappa shape index (κ3) is 2.33. The second kappa shape index (κ2) is 4.79. The van der Waals surface area contributed by atoms with E-state index >= 15 is 0 Å². The zero-order valence-electron chi connectivity index (χ0n) is 10.2. The van der Waals surface area contributed by atoms with E-state index < -0.39 is 5.82 Å². The SMILES string of the molecule is O=C(c1cccc(F)c1)N1CCC(n2ccnn2)C1. The number of hydrogen-bond acceptors (Lipinski definition) is 3. The number of hydrogen-bond donors (Lipinski definition) is 0. The van der Waals surface area contributed by atoms with Crippen LogP contribution in [0.5, 0.6) is 0 Å². The molecule has 2 heterocycles. The van der Waals surface area contributed by atoms with Gasteiger partial charge in [-0.05, 0) is 24.6 Å². The van der Waals surface area contributed by atoms with E-state index in [-0.39, 0.29) is 11.9 Å². The Morgan fingerprint density at radius 2 is 2.32 bits per heavy atom. The van der Waals surface area contributed by atoms with Crippen LogP contribution >= 0.6 is 0 Å². The number of carbonyl (C=O) groups excluding carboxylic acids is 1. The minimum Gasteiger partial charge on any atom is -0.336 e. The topological polar surface area (TPSA) is 51.0 Å². The maximum atomic E-state index is 13.1. The Kier molecular flexibility index (Phi) is 2.98. The third-order valence-electron chi connectivity index (χ3n) is 3.34. The lowest BCUT2D eigenvalue weighted by Crippen LogP contribution is -2.29. The smallest absolute Gasteiger partial charge is 0.254 e. The molecule has 0 saturated carbocycles. The van der Waals surface area contributed by atoms with Crippen LogP contribution in [0.15, 0.2) is 36.7 Å². The number of likely N-dealkylation sites (tertiary alicyclic amines) is 1.